The minimum atomic E-state index is -1.60. The summed E-state index contributed by atoms with van der Waals surface area (Å²) in [6.45, 7) is 3.27. The lowest BCUT2D eigenvalue weighted by Gasteiger charge is -2.39. The SMILES string of the molecule is CC/C=C/C=C/C=C/CCCCCCCC(=O)OC(COC(=O)CCCCCCCCC/C=C/CCCCCCCCCCC)CO[C@H]1O[C@@H](CO)[C@@H](O)C(O)C1O. The third-order valence-electron chi connectivity index (χ3n) is 10.5. The first-order valence-corrected chi connectivity index (χ1v) is 23.2. The van der Waals surface area contributed by atoms with Crippen LogP contribution in [0.1, 0.15) is 187 Å². The Hall–Kier alpha value is -2.34. The van der Waals surface area contributed by atoms with Gasteiger partial charge in [0.15, 0.2) is 12.4 Å². The fraction of sp³-hybridized carbons (Fsp3) is 0.792. The van der Waals surface area contributed by atoms with Gasteiger partial charge in [-0.1, -0.05) is 165 Å². The fourth-order valence-corrected chi connectivity index (χ4v) is 6.83. The van der Waals surface area contributed by atoms with E-state index in [0.717, 1.165) is 70.6 Å². The molecule has 10 nitrogen and oxygen atoms in total. The molecule has 0 saturated carbocycles. The van der Waals surface area contributed by atoms with E-state index >= 15 is 0 Å². The van der Waals surface area contributed by atoms with Crippen LogP contribution in [0.2, 0.25) is 0 Å². The zero-order chi connectivity index (χ0) is 42.3. The van der Waals surface area contributed by atoms with E-state index in [4.69, 9.17) is 18.9 Å². The molecule has 10 heteroatoms. The normalized spacial score (nSPS) is 20.6. The van der Waals surface area contributed by atoms with Gasteiger partial charge in [-0.05, 0) is 57.8 Å². The molecule has 0 bridgehead atoms. The molecular weight excluding hydrogens is 737 g/mol. The van der Waals surface area contributed by atoms with Crippen molar-refractivity contribution in [3.8, 4) is 0 Å². The topological polar surface area (TPSA) is 152 Å². The van der Waals surface area contributed by atoms with E-state index in [0.29, 0.717) is 6.42 Å². The first-order chi connectivity index (χ1) is 28.3. The van der Waals surface area contributed by atoms with E-state index in [2.05, 4.69) is 44.2 Å². The number of carbonyl (C=O) groups excluding carboxylic acids is 2. The standard InChI is InChI=1S/C48H84O10/c1-3-5-7-9-11-13-15-17-18-19-20-21-22-23-25-26-28-30-32-34-36-43(50)55-39-41(40-56-48-47(54)46(53)45(52)42(38-49)58-48)57-44(51)37-35-33-31-29-27-24-16-14-12-10-8-6-4-2/h6,8,10,12,14,16,20-21,41-42,45-49,52-54H,3-5,7,9,11,13,15,17-19,22-40H2,1-2H3/b8-6+,12-10+,16-14+,21-20+/t41?,42-,45+,46?,47?,48-/m0/s1. The largest absolute Gasteiger partial charge is 0.462 e. The molecule has 1 saturated heterocycles. The Balaban J connectivity index is 2.29. The molecule has 1 fully saturated rings. The van der Waals surface area contributed by atoms with Crippen molar-refractivity contribution in [3.05, 3.63) is 48.6 Å². The molecule has 0 aromatic heterocycles. The molecule has 1 aliphatic rings. The monoisotopic (exact) mass is 821 g/mol. The van der Waals surface area contributed by atoms with Crippen LogP contribution < -0.4 is 0 Å². The van der Waals surface area contributed by atoms with Gasteiger partial charge in [0.2, 0.25) is 0 Å². The number of hydrogen-bond donors (Lipinski definition) is 4. The first kappa shape index (κ1) is 53.7. The molecule has 1 aliphatic heterocycles. The summed E-state index contributed by atoms with van der Waals surface area (Å²) in [6.07, 6.45) is 38.4. The molecule has 336 valence electrons. The number of hydrogen-bond acceptors (Lipinski definition) is 10. The van der Waals surface area contributed by atoms with E-state index in [9.17, 15) is 30.0 Å². The summed E-state index contributed by atoms with van der Waals surface area (Å²) >= 11 is 0. The molecular formula is C48H84O10. The van der Waals surface area contributed by atoms with Crippen molar-refractivity contribution < 1.29 is 49.0 Å². The quantitative estimate of drug-likeness (QED) is 0.0205. The smallest absolute Gasteiger partial charge is 0.306 e. The number of unbranched alkanes of at least 4 members (excludes halogenated alkanes) is 21. The summed E-state index contributed by atoms with van der Waals surface area (Å²) in [4.78, 5) is 25.3. The van der Waals surface area contributed by atoms with Crippen LogP contribution in [0.4, 0.5) is 0 Å². The van der Waals surface area contributed by atoms with Gasteiger partial charge in [0.05, 0.1) is 13.2 Å². The summed E-state index contributed by atoms with van der Waals surface area (Å²) in [7, 11) is 0. The number of allylic oxidation sites excluding steroid dienone is 8. The number of ether oxygens (including phenoxy) is 4. The van der Waals surface area contributed by atoms with Gasteiger partial charge in [-0.15, -0.1) is 0 Å². The summed E-state index contributed by atoms with van der Waals surface area (Å²) in [5, 5.41) is 40.1. The molecule has 58 heavy (non-hydrogen) atoms. The minimum absolute atomic E-state index is 0.205. The number of aliphatic hydroxyl groups excluding tert-OH is 4. The second kappa shape index (κ2) is 38.8. The van der Waals surface area contributed by atoms with Crippen molar-refractivity contribution in [1.29, 1.82) is 0 Å². The maximum Gasteiger partial charge on any atom is 0.306 e. The summed E-state index contributed by atoms with van der Waals surface area (Å²) < 4.78 is 22.1. The molecule has 0 aliphatic carbocycles. The highest BCUT2D eigenvalue weighted by atomic mass is 16.7. The molecule has 3 unspecified atom stereocenters. The highest BCUT2D eigenvalue weighted by Gasteiger charge is 2.44. The van der Waals surface area contributed by atoms with Crippen LogP contribution in [0.15, 0.2) is 48.6 Å². The van der Waals surface area contributed by atoms with E-state index in [1.165, 1.54) is 83.5 Å². The predicted octanol–water partition coefficient (Wildman–Crippen LogP) is 10.1. The van der Waals surface area contributed by atoms with E-state index < -0.39 is 49.4 Å². The Labute approximate surface area is 352 Å². The highest BCUT2D eigenvalue weighted by Crippen LogP contribution is 2.23. The molecule has 4 N–H and O–H groups in total. The van der Waals surface area contributed by atoms with E-state index in [1.54, 1.807) is 0 Å². The summed E-state index contributed by atoms with van der Waals surface area (Å²) in [5.74, 6) is -0.835. The number of carbonyl (C=O) groups is 2. The third-order valence-corrected chi connectivity index (χ3v) is 10.5. The maximum absolute atomic E-state index is 12.7. The molecule has 1 heterocycles. The molecule has 0 aromatic carbocycles. The third kappa shape index (κ3) is 29.8. The van der Waals surface area contributed by atoms with Gasteiger partial charge in [-0.25, -0.2) is 0 Å². The molecule has 1 rings (SSSR count). The van der Waals surface area contributed by atoms with Crippen molar-refractivity contribution in [2.45, 2.75) is 224 Å². The van der Waals surface area contributed by atoms with Gasteiger partial charge in [0.1, 0.15) is 31.0 Å². The highest BCUT2D eigenvalue weighted by molar-refractivity contribution is 5.70. The molecule has 6 atom stereocenters. The van der Waals surface area contributed by atoms with Crippen LogP contribution in [-0.2, 0) is 28.5 Å². The van der Waals surface area contributed by atoms with Crippen LogP contribution in [0, 0.1) is 0 Å². The van der Waals surface area contributed by atoms with Gasteiger partial charge in [0, 0.05) is 12.8 Å². The molecule has 0 aromatic rings. The number of aliphatic hydroxyl groups is 4. The molecule has 0 spiro atoms. The summed E-state index contributed by atoms with van der Waals surface area (Å²) in [5.41, 5.74) is 0. The van der Waals surface area contributed by atoms with Crippen molar-refractivity contribution in [1.82, 2.24) is 0 Å². The van der Waals surface area contributed by atoms with Gasteiger partial charge in [-0.2, -0.15) is 0 Å². The average molecular weight is 821 g/mol. The lowest BCUT2D eigenvalue weighted by molar-refractivity contribution is -0.305. The molecule has 0 amide bonds. The number of rotatable bonds is 38. The minimum Gasteiger partial charge on any atom is -0.462 e. The Morgan fingerprint density at radius 1 is 0.552 bits per heavy atom. The Morgan fingerprint density at radius 3 is 1.57 bits per heavy atom. The van der Waals surface area contributed by atoms with E-state index in [1.807, 2.05) is 18.2 Å². The Kier molecular flexibility index (Phi) is 35.9. The van der Waals surface area contributed by atoms with Crippen LogP contribution in [0.25, 0.3) is 0 Å². The Bertz CT molecular complexity index is 1090. The van der Waals surface area contributed by atoms with Gasteiger partial charge in [0.25, 0.3) is 0 Å². The second-order valence-electron chi connectivity index (χ2n) is 15.9. The second-order valence-corrected chi connectivity index (χ2v) is 15.9. The van der Waals surface area contributed by atoms with Crippen molar-refractivity contribution in [2.24, 2.45) is 0 Å². The zero-order valence-corrected chi connectivity index (χ0v) is 36.5. The lowest BCUT2D eigenvalue weighted by atomic mass is 9.99. The van der Waals surface area contributed by atoms with Crippen LogP contribution in [0.5, 0.6) is 0 Å². The van der Waals surface area contributed by atoms with E-state index in [-0.39, 0.29) is 32.0 Å². The summed E-state index contributed by atoms with van der Waals surface area (Å²) in [6, 6.07) is 0. The first-order valence-electron chi connectivity index (χ1n) is 23.2. The van der Waals surface area contributed by atoms with Gasteiger partial charge >= 0.3 is 11.9 Å². The number of esters is 2. The van der Waals surface area contributed by atoms with Crippen molar-refractivity contribution in [2.75, 3.05) is 19.8 Å². The van der Waals surface area contributed by atoms with Gasteiger partial charge in [-0.3, -0.25) is 9.59 Å². The maximum atomic E-state index is 12.7. The van der Waals surface area contributed by atoms with Gasteiger partial charge < -0.3 is 39.4 Å². The van der Waals surface area contributed by atoms with Crippen LogP contribution in [0.3, 0.4) is 0 Å². The fourth-order valence-electron chi connectivity index (χ4n) is 6.83. The zero-order valence-electron chi connectivity index (χ0n) is 36.5. The average Bonchev–Trinajstić information content (AvgIpc) is 3.22. The lowest BCUT2D eigenvalue weighted by Crippen LogP contribution is -2.59. The Morgan fingerprint density at radius 2 is 1.03 bits per heavy atom. The van der Waals surface area contributed by atoms with Crippen LogP contribution in [-0.4, -0.2) is 89.0 Å². The molecule has 0 radical (unpaired) electrons. The van der Waals surface area contributed by atoms with Crippen molar-refractivity contribution >= 4 is 11.9 Å². The van der Waals surface area contributed by atoms with Crippen LogP contribution >= 0.6 is 0 Å². The van der Waals surface area contributed by atoms with Crippen molar-refractivity contribution in [3.63, 3.8) is 0 Å². The predicted molar refractivity (Wildman–Crippen MR) is 233 cm³/mol.